The Morgan fingerprint density at radius 3 is 2.60 bits per heavy atom. The van der Waals surface area contributed by atoms with Gasteiger partial charge in [0.15, 0.2) is 0 Å². The summed E-state index contributed by atoms with van der Waals surface area (Å²) in [6.07, 6.45) is -2.41. The molecule has 0 heterocycles. The number of ether oxygens (including phenoxy) is 1. The third-order valence-electron chi connectivity index (χ3n) is 2.91. The Bertz CT molecular complexity index is 575. The summed E-state index contributed by atoms with van der Waals surface area (Å²) in [5.41, 5.74) is -0.547. The number of allylic oxidation sites excluding steroid dienone is 2. The van der Waals surface area contributed by atoms with Crippen molar-refractivity contribution in [2.45, 2.75) is 25.6 Å². The van der Waals surface area contributed by atoms with Crippen LogP contribution < -0.4 is 4.74 Å². The monoisotopic (exact) mass is 306 g/mol. The van der Waals surface area contributed by atoms with Gasteiger partial charge >= 0.3 is 6.18 Å². The molecule has 0 N–H and O–H groups in total. The van der Waals surface area contributed by atoms with Crippen LogP contribution in [0.3, 0.4) is 0 Å². The summed E-state index contributed by atoms with van der Waals surface area (Å²) in [5.74, 6) is -0.378. The Morgan fingerprint density at radius 1 is 1.30 bits per heavy atom. The lowest BCUT2D eigenvalue weighted by Gasteiger charge is -2.23. The standard InChI is InChI=1S/C14H11ClF4O/c1-8-2-4-10(7-11(8)14(17,18)19)20-13-5-3-9(16)6-12(13)15/h2-3,5-7,10H,4H2,1H3. The van der Waals surface area contributed by atoms with Crippen LogP contribution in [0.2, 0.25) is 5.02 Å². The third-order valence-corrected chi connectivity index (χ3v) is 3.21. The van der Waals surface area contributed by atoms with E-state index in [1.54, 1.807) is 0 Å². The van der Waals surface area contributed by atoms with Crippen LogP contribution in [-0.2, 0) is 0 Å². The van der Waals surface area contributed by atoms with Crippen molar-refractivity contribution in [3.8, 4) is 5.75 Å². The van der Waals surface area contributed by atoms with Gasteiger partial charge in [0.1, 0.15) is 17.7 Å². The maximum Gasteiger partial charge on any atom is 0.416 e. The molecule has 6 heteroatoms. The molecule has 1 atom stereocenters. The van der Waals surface area contributed by atoms with E-state index in [1.165, 1.54) is 19.1 Å². The summed E-state index contributed by atoms with van der Waals surface area (Å²) in [7, 11) is 0. The van der Waals surface area contributed by atoms with Crippen LogP contribution in [0.15, 0.2) is 41.5 Å². The number of rotatable bonds is 2. The molecule has 108 valence electrons. The molecule has 1 aliphatic carbocycles. The van der Waals surface area contributed by atoms with Crippen LogP contribution in [0.25, 0.3) is 0 Å². The van der Waals surface area contributed by atoms with E-state index in [1.807, 2.05) is 0 Å². The number of hydrogen-bond acceptors (Lipinski definition) is 1. The molecule has 0 aliphatic heterocycles. The molecule has 0 saturated heterocycles. The normalized spacial score (nSPS) is 19.4. The Balaban J connectivity index is 2.21. The molecule has 20 heavy (non-hydrogen) atoms. The lowest BCUT2D eigenvalue weighted by Crippen LogP contribution is -2.23. The van der Waals surface area contributed by atoms with Gasteiger partial charge in [0.25, 0.3) is 0 Å². The average molecular weight is 307 g/mol. The van der Waals surface area contributed by atoms with E-state index in [0.717, 1.165) is 18.2 Å². The van der Waals surface area contributed by atoms with Gasteiger partial charge in [-0.1, -0.05) is 17.7 Å². The smallest absolute Gasteiger partial charge is 0.416 e. The predicted octanol–water partition coefficient (Wildman–Crippen LogP) is 5.07. The van der Waals surface area contributed by atoms with Gasteiger partial charge in [0.05, 0.1) is 10.6 Å². The van der Waals surface area contributed by atoms with Crippen molar-refractivity contribution in [2.75, 3.05) is 0 Å². The van der Waals surface area contributed by atoms with Gasteiger partial charge in [-0.2, -0.15) is 13.2 Å². The fraction of sp³-hybridized carbons (Fsp3) is 0.286. The zero-order valence-electron chi connectivity index (χ0n) is 10.5. The molecule has 0 fully saturated rings. The molecule has 2 rings (SSSR count). The van der Waals surface area contributed by atoms with Crippen molar-refractivity contribution < 1.29 is 22.3 Å². The van der Waals surface area contributed by atoms with E-state index in [2.05, 4.69) is 0 Å². The molecule has 1 nitrogen and oxygen atoms in total. The Morgan fingerprint density at radius 2 is 2.00 bits per heavy atom. The molecule has 1 unspecified atom stereocenters. The second kappa shape index (κ2) is 5.48. The van der Waals surface area contributed by atoms with Crippen LogP contribution in [0.4, 0.5) is 17.6 Å². The van der Waals surface area contributed by atoms with Crippen LogP contribution in [0, 0.1) is 5.82 Å². The van der Waals surface area contributed by atoms with Crippen molar-refractivity contribution in [1.29, 1.82) is 0 Å². The predicted molar refractivity (Wildman–Crippen MR) is 68.3 cm³/mol. The van der Waals surface area contributed by atoms with Crippen molar-refractivity contribution in [3.05, 3.63) is 52.3 Å². The fourth-order valence-corrected chi connectivity index (χ4v) is 2.13. The van der Waals surface area contributed by atoms with E-state index >= 15 is 0 Å². The molecule has 1 aliphatic rings. The molecule has 0 saturated carbocycles. The van der Waals surface area contributed by atoms with Gasteiger partial charge in [-0.15, -0.1) is 0 Å². The lowest BCUT2D eigenvalue weighted by molar-refractivity contribution is -0.0904. The lowest BCUT2D eigenvalue weighted by atomic mass is 9.97. The van der Waals surface area contributed by atoms with Crippen LogP contribution >= 0.6 is 11.6 Å². The van der Waals surface area contributed by atoms with Crippen molar-refractivity contribution in [2.24, 2.45) is 0 Å². The molecular weight excluding hydrogens is 296 g/mol. The number of alkyl halides is 3. The van der Waals surface area contributed by atoms with E-state index in [0.29, 0.717) is 6.42 Å². The van der Waals surface area contributed by atoms with Crippen LogP contribution in [0.5, 0.6) is 5.75 Å². The number of hydrogen-bond donors (Lipinski definition) is 0. The van der Waals surface area contributed by atoms with Gasteiger partial charge in [-0.05, 0) is 36.8 Å². The molecule has 1 aromatic rings. The van der Waals surface area contributed by atoms with Gasteiger partial charge < -0.3 is 4.74 Å². The zero-order valence-corrected chi connectivity index (χ0v) is 11.2. The topological polar surface area (TPSA) is 9.23 Å². The van der Waals surface area contributed by atoms with E-state index in [9.17, 15) is 17.6 Å². The van der Waals surface area contributed by atoms with Crippen LogP contribution in [0.1, 0.15) is 13.3 Å². The first kappa shape index (κ1) is 14.9. The Labute approximate surface area is 118 Å². The SMILES string of the molecule is CC1=CCC(Oc2ccc(F)cc2Cl)C=C1C(F)(F)F. The van der Waals surface area contributed by atoms with Crippen LogP contribution in [-0.4, -0.2) is 12.3 Å². The molecule has 0 amide bonds. The summed E-state index contributed by atoms with van der Waals surface area (Å²) in [6, 6.07) is 3.48. The van der Waals surface area contributed by atoms with E-state index in [4.69, 9.17) is 16.3 Å². The first-order valence-electron chi connectivity index (χ1n) is 5.85. The van der Waals surface area contributed by atoms with E-state index < -0.39 is 23.7 Å². The van der Waals surface area contributed by atoms with Gasteiger partial charge in [-0.25, -0.2) is 4.39 Å². The van der Waals surface area contributed by atoms with Crippen molar-refractivity contribution in [3.63, 3.8) is 0 Å². The molecular formula is C14H11ClF4O. The molecule has 0 radical (unpaired) electrons. The quantitative estimate of drug-likeness (QED) is 0.694. The molecule has 1 aromatic carbocycles. The Hall–Kier alpha value is -1.49. The highest BCUT2D eigenvalue weighted by atomic mass is 35.5. The van der Waals surface area contributed by atoms with Crippen molar-refractivity contribution >= 4 is 11.6 Å². The second-order valence-electron chi connectivity index (χ2n) is 4.43. The molecule has 0 spiro atoms. The third kappa shape index (κ3) is 3.33. The highest BCUT2D eigenvalue weighted by molar-refractivity contribution is 6.32. The highest BCUT2D eigenvalue weighted by Gasteiger charge is 2.36. The first-order chi connectivity index (χ1) is 9.27. The van der Waals surface area contributed by atoms with Gasteiger partial charge in [0.2, 0.25) is 0 Å². The minimum absolute atomic E-state index is 0.0261. The Kier molecular flexibility index (Phi) is 4.09. The van der Waals surface area contributed by atoms with Gasteiger partial charge in [0, 0.05) is 6.42 Å². The largest absolute Gasteiger partial charge is 0.484 e. The maximum absolute atomic E-state index is 12.9. The molecule has 0 aromatic heterocycles. The minimum atomic E-state index is -4.42. The summed E-state index contributed by atoms with van der Waals surface area (Å²) in [5, 5.41) is 0.0261. The highest BCUT2D eigenvalue weighted by Crippen LogP contribution is 2.35. The summed E-state index contributed by atoms with van der Waals surface area (Å²) < 4.78 is 56.7. The fourth-order valence-electron chi connectivity index (χ4n) is 1.92. The average Bonchev–Trinajstić information content (AvgIpc) is 2.33. The van der Waals surface area contributed by atoms with E-state index in [-0.39, 0.29) is 16.3 Å². The summed E-state index contributed by atoms with van der Waals surface area (Å²) in [6.45, 7) is 1.40. The first-order valence-corrected chi connectivity index (χ1v) is 6.23. The molecule has 0 bridgehead atoms. The number of benzene rings is 1. The number of halogens is 5. The maximum atomic E-state index is 12.9. The summed E-state index contributed by atoms with van der Waals surface area (Å²) in [4.78, 5) is 0. The second-order valence-corrected chi connectivity index (χ2v) is 4.84. The van der Waals surface area contributed by atoms with Crippen molar-refractivity contribution in [1.82, 2.24) is 0 Å². The summed E-state index contributed by atoms with van der Waals surface area (Å²) >= 11 is 5.78. The van der Waals surface area contributed by atoms with Gasteiger partial charge in [-0.3, -0.25) is 0 Å². The minimum Gasteiger partial charge on any atom is -0.484 e. The zero-order chi connectivity index (χ0) is 14.9.